The maximum atomic E-state index is 13.0. The smallest absolute Gasteiger partial charge is 0.411 e. The van der Waals surface area contributed by atoms with Gasteiger partial charge in [0.1, 0.15) is 5.60 Å². The van der Waals surface area contributed by atoms with Crippen LogP contribution < -0.4 is 0 Å². The summed E-state index contributed by atoms with van der Waals surface area (Å²) in [4.78, 5) is 28.4. The highest BCUT2D eigenvalue weighted by molar-refractivity contribution is 5.82. The van der Waals surface area contributed by atoms with Crippen LogP contribution in [0.2, 0.25) is 0 Å². The van der Waals surface area contributed by atoms with Crippen molar-refractivity contribution < 1.29 is 9.53 Å². The molecule has 35 heavy (non-hydrogen) atoms. The monoisotopic (exact) mass is 465 g/mol. The second-order valence-electron chi connectivity index (χ2n) is 9.71. The molecule has 0 bridgehead atoms. The van der Waals surface area contributed by atoms with Gasteiger partial charge in [-0.25, -0.2) is 14.8 Å². The highest BCUT2D eigenvalue weighted by atomic mass is 16.6. The van der Waals surface area contributed by atoms with Gasteiger partial charge in [-0.15, -0.1) is 0 Å². The average Bonchev–Trinajstić information content (AvgIpc) is 3.41. The van der Waals surface area contributed by atoms with E-state index in [-0.39, 0.29) is 18.2 Å². The first kappa shape index (κ1) is 21.5. The van der Waals surface area contributed by atoms with Crippen LogP contribution in [0.3, 0.4) is 0 Å². The summed E-state index contributed by atoms with van der Waals surface area (Å²) in [5.41, 5.74) is 4.75. The second-order valence-corrected chi connectivity index (χ2v) is 9.71. The van der Waals surface area contributed by atoms with Gasteiger partial charge in [-0.3, -0.25) is 14.5 Å². The quantitative estimate of drug-likeness (QED) is 0.385. The van der Waals surface area contributed by atoms with Crippen molar-refractivity contribution in [3.8, 4) is 5.95 Å². The lowest BCUT2D eigenvalue weighted by molar-refractivity contribution is 0.0668. The van der Waals surface area contributed by atoms with E-state index in [1.165, 1.54) is 5.57 Å². The van der Waals surface area contributed by atoms with Crippen molar-refractivity contribution in [3.63, 3.8) is 0 Å². The van der Waals surface area contributed by atoms with Crippen molar-refractivity contribution in [2.24, 2.45) is 0 Å². The molecule has 176 valence electrons. The van der Waals surface area contributed by atoms with E-state index in [1.54, 1.807) is 12.4 Å². The molecule has 1 amide bonds. The lowest BCUT2D eigenvalue weighted by atomic mass is 9.86. The van der Waals surface area contributed by atoms with E-state index in [0.717, 1.165) is 41.4 Å². The fourth-order valence-corrected chi connectivity index (χ4v) is 5.44. The molecule has 1 fully saturated rings. The van der Waals surface area contributed by atoms with Crippen LogP contribution in [-0.4, -0.2) is 42.2 Å². The Balaban J connectivity index is 1.28. The van der Waals surface area contributed by atoms with Gasteiger partial charge in [0.25, 0.3) is 0 Å². The lowest BCUT2D eigenvalue weighted by Gasteiger charge is -2.36. The predicted octanol–water partition coefficient (Wildman–Crippen LogP) is 5.72. The summed E-state index contributed by atoms with van der Waals surface area (Å²) < 4.78 is 7.79. The molecular weight excluding hydrogens is 438 g/mol. The molecule has 4 heterocycles. The van der Waals surface area contributed by atoms with Gasteiger partial charge in [0.05, 0.1) is 17.1 Å². The standard InChI is InChI=1S/C28H27N5O2/c1-28(2)25(20-7-4-3-5-8-20)33(27(34)35-28)22-11-9-19(10-12-22)21-17-24-23(31-18-21)13-16-32(24)26-29-14-6-15-30-26/h3-9,13-18,22,25H,10-12H2,1-2H3/t22-,25+/m1/s1. The van der Waals surface area contributed by atoms with Crippen LogP contribution in [0.1, 0.15) is 50.3 Å². The molecule has 0 radical (unpaired) electrons. The Kier molecular flexibility index (Phi) is 5.13. The Hall–Kier alpha value is -4.00. The Bertz CT molecular complexity index is 1410. The third-order valence-corrected chi connectivity index (χ3v) is 7.07. The number of amides is 1. The molecule has 1 saturated heterocycles. The zero-order chi connectivity index (χ0) is 24.0. The number of carbonyl (C=O) groups is 1. The number of aromatic nitrogens is 4. The Labute approximate surface area is 204 Å². The first-order valence-electron chi connectivity index (χ1n) is 12.0. The topological polar surface area (TPSA) is 73.1 Å². The molecular formula is C28H27N5O2. The molecule has 2 aliphatic rings. The van der Waals surface area contributed by atoms with Crippen LogP contribution >= 0.6 is 0 Å². The van der Waals surface area contributed by atoms with Crippen molar-refractivity contribution >= 4 is 22.7 Å². The molecule has 6 rings (SSSR count). The van der Waals surface area contributed by atoms with Crippen molar-refractivity contribution in [3.05, 3.63) is 90.5 Å². The molecule has 0 saturated carbocycles. The highest BCUT2D eigenvalue weighted by Gasteiger charge is 2.50. The zero-order valence-electron chi connectivity index (χ0n) is 19.8. The Morgan fingerprint density at radius 2 is 1.83 bits per heavy atom. The normalized spacial score (nSPS) is 21.7. The van der Waals surface area contributed by atoms with E-state index in [1.807, 2.05) is 66.0 Å². The molecule has 7 heteroatoms. The average molecular weight is 466 g/mol. The van der Waals surface area contributed by atoms with Crippen LogP contribution in [0.15, 0.2) is 79.4 Å². The molecule has 7 nitrogen and oxygen atoms in total. The molecule has 3 aromatic heterocycles. The van der Waals surface area contributed by atoms with Crippen molar-refractivity contribution in [1.29, 1.82) is 0 Å². The molecule has 4 aromatic rings. The number of fused-ring (bicyclic) bond motifs is 1. The van der Waals surface area contributed by atoms with Gasteiger partial charge in [-0.2, -0.15) is 0 Å². The minimum atomic E-state index is -0.581. The molecule has 0 spiro atoms. The molecule has 0 N–H and O–H groups in total. The van der Waals surface area contributed by atoms with Gasteiger partial charge in [0, 0.05) is 30.8 Å². The summed E-state index contributed by atoms with van der Waals surface area (Å²) in [6.45, 7) is 4.00. The Morgan fingerprint density at radius 3 is 2.57 bits per heavy atom. The zero-order valence-corrected chi connectivity index (χ0v) is 19.8. The number of pyridine rings is 1. The fraction of sp³-hybridized carbons (Fsp3) is 0.286. The number of rotatable bonds is 4. The van der Waals surface area contributed by atoms with E-state index in [2.05, 4.69) is 39.2 Å². The number of hydrogen-bond acceptors (Lipinski definition) is 5. The third kappa shape index (κ3) is 3.77. The summed E-state index contributed by atoms with van der Waals surface area (Å²) >= 11 is 0. The van der Waals surface area contributed by atoms with Crippen LogP contribution in [-0.2, 0) is 4.74 Å². The number of benzene rings is 1. The number of hydrogen-bond donors (Lipinski definition) is 0. The summed E-state index contributed by atoms with van der Waals surface area (Å²) in [5.74, 6) is 0.626. The number of ether oxygens (including phenoxy) is 1. The molecule has 2 atom stereocenters. The van der Waals surface area contributed by atoms with E-state index >= 15 is 0 Å². The maximum Gasteiger partial charge on any atom is 0.411 e. The minimum Gasteiger partial charge on any atom is -0.441 e. The number of cyclic esters (lactones) is 1. The van der Waals surface area contributed by atoms with E-state index < -0.39 is 5.60 Å². The number of allylic oxidation sites excluding steroid dienone is 1. The molecule has 0 unspecified atom stereocenters. The van der Waals surface area contributed by atoms with E-state index in [9.17, 15) is 4.79 Å². The lowest BCUT2D eigenvalue weighted by Crippen LogP contribution is -2.41. The SMILES string of the molecule is CC1(C)OC(=O)N([C@@H]2CC=C(c3cnc4ccn(-c5ncccn5)c4c3)CC2)[C@H]1c1ccccc1. The highest BCUT2D eigenvalue weighted by Crippen LogP contribution is 2.45. The first-order valence-corrected chi connectivity index (χ1v) is 12.0. The van der Waals surface area contributed by atoms with Crippen molar-refractivity contribution in [2.75, 3.05) is 0 Å². The number of nitrogens with zero attached hydrogens (tertiary/aromatic N) is 5. The van der Waals surface area contributed by atoms with Gasteiger partial charge < -0.3 is 4.74 Å². The summed E-state index contributed by atoms with van der Waals surface area (Å²) in [6, 6.07) is 16.1. The molecule has 1 aromatic carbocycles. The van der Waals surface area contributed by atoms with E-state index in [4.69, 9.17) is 4.74 Å². The van der Waals surface area contributed by atoms with Crippen LogP contribution in [0.4, 0.5) is 4.79 Å². The predicted molar refractivity (Wildman–Crippen MR) is 134 cm³/mol. The fourth-order valence-electron chi connectivity index (χ4n) is 5.44. The van der Waals surface area contributed by atoms with Crippen LogP contribution in [0.5, 0.6) is 0 Å². The summed E-state index contributed by atoms with van der Waals surface area (Å²) in [5, 5.41) is 0. The van der Waals surface area contributed by atoms with Gasteiger partial charge >= 0.3 is 6.09 Å². The summed E-state index contributed by atoms with van der Waals surface area (Å²) in [7, 11) is 0. The number of carbonyl (C=O) groups excluding carboxylic acids is 1. The maximum absolute atomic E-state index is 13.0. The van der Waals surface area contributed by atoms with Crippen molar-refractivity contribution in [2.45, 2.75) is 50.8 Å². The van der Waals surface area contributed by atoms with Crippen LogP contribution in [0.25, 0.3) is 22.6 Å². The largest absolute Gasteiger partial charge is 0.441 e. The second kappa shape index (κ2) is 8.34. The van der Waals surface area contributed by atoms with Gasteiger partial charge in [-0.05, 0) is 68.0 Å². The Morgan fingerprint density at radius 1 is 1.03 bits per heavy atom. The van der Waals surface area contributed by atoms with Gasteiger partial charge in [-0.1, -0.05) is 36.4 Å². The summed E-state index contributed by atoms with van der Waals surface area (Å²) in [6.07, 6.45) is 11.9. The van der Waals surface area contributed by atoms with Crippen LogP contribution in [0, 0.1) is 0 Å². The van der Waals surface area contributed by atoms with Gasteiger partial charge in [0.15, 0.2) is 0 Å². The molecule has 1 aliphatic carbocycles. The molecule has 1 aliphatic heterocycles. The first-order chi connectivity index (χ1) is 17.0. The van der Waals surface area contributed by atoms with Crippen molar-refractivity contribution in [1.82, 2.24) is 24.4 Å². The van der Waals surface area contributed by atoms with E-state index in [0.29, 0.717) is 5.95 Å². The van der Waals surface area contributed by atoms with Gasteiger partial charge in [0.2, 0.25) is 5.95 Å². The third-order valence-electron chi connectivity index (χ3n) is 7.07. The minimum absolute atomic E-state index is 0.0940.